The summed E-state index contributed by atoms with van der Waals surface area (Å²) in [5, 5.41) is 4.56. The summed E-state index contributed by atoms with van der Waals surface area (Å²) in [6.45, 7) is 2.49. The topological polar surface area (TPSA) is 54.5 Å². The van der Waals surface area contributed by atoms with Crippen LogP contribution in [0.25, 0.3) is 10.9 Å². The fraction of sp³-hybridized carbons (Fsp3) is 0.304. The summed E-state index contributed by atoms with van der Waals surface area (Å²) in [5.74, 6) is -0.361. The zero-order chi connectivity index (χ0) is 21.1. The number of nitrogens with zero attached hydrogens (tertiary/aromatic N) is 2. The van der Waals surface area contributed by atoms with Crippen LogP contribution in [0.5, 0.6) is 0 Å². The average Bonchev–Trinajstić information content (AvgIpc) is 2.74. The largest absolute Gasteiger partial charge is 0.380 e. The van der Waals surface area contributed by atoms with Crippen molar-refractivity contribution in [2.24, 2.45) is 0 Å². The fourth-order valence-electron chi connectivity index (χ4n) is 4.00. The summed E-state index contributed by atoms with van der Waals surface area (Å²) in [4.78, 5) is 20.0. The number of anilines is 2. The summed E-state index contributed by atoms with van der Waals surface area (Å²) in [6, 6.07) is 10.8. The van der Waals surface area contributed by atoms with Gasteiger partial charge in [-0.15, -0.1) is 0 Å². The highest BCUT2D eigenvalue weighted by atomic mass is 35.5. The molecule has 30 heavy (non-hydrogen) atoms. The van der Waals surface area contributed by atoms with Crippen molar-refractivity contribution >= 4 is 51.4 Å². The van der Waals surface area contributed by atoms with Gasteiger partial charge in [0.2, 0.25) is 0 Å². The number of para-hydroxylation sites is 1. The van der Waals surface area contributed by atoms with Gasteiger partial charge in [-0.05, 0) is 37.5 Å². The molecule has 2 heterocycles. The maximum atomic E-state index is 12.9. The number of hydrogen-bond donors (Lipinski definition) is 1. The van der Waals surface area contributed by atoms with E-state index in [2.05, 4.69) is 15.2 Å². The van der Waals surface area contributed by atoms with E-state index in [1.807, 2.05) is 24.4 Å². The van der Waals surface area contributed by atoms with Gasteiger partial charge in [-0.25, -0.2) is 0 Å². The third kappa shape index (κ3) is 4.10. The molecule has 7 heteroatoms. The Bertz CT molecular complexity index is 1060. The Labute approximate surface area is 185 Å². The third-order valence-corrected chi connectivity index (χ3v) is 5.98. The normalized spacial score (nSPS) is 14.2. The SMILES string of the molecule is COCc1cnc2c(NC(=O)c3c(Cl)cccc3Cl)cccc2c1N1CCCCC1. The molecular weight excluding hydrogens is 421 g/mol. The lowest BCUT2D eigenvalue weighted by molar-refractivity contribution is 0.102. The van der Waals surface area contributed by atoms with Gasteiger partial charge in [0.25, 0.3) is 5.91 Å². The van der Waals surface area contributed by atoms with Crippen LogP contribution in [0.2, 0.25) is 10.0 Å². The first-order valence-electron chi connectivity index (χ1n) is 10.00. The molecule has 0 atom stereocenters. The lowest BCUT2D eigenvalue weighted by Crippen LogP contribution is -2.30. The molecule has 2 aromatic carbocycles. The molecule has 5 nitrogen and oxygen atoms in total. The number of methoxy groups -OCH3 is 1. The van der Waals surface area contributed by atoms with Crippen molar-refractivity contribution in [1.29, 1.82) is 0 Å². The second-order valence-corrected chi connectivity index (χ2v) is 8.18. The summed E-state index contributed by atoms with van der Waals surface area (Å²) in [5.41, 5.74) is 3.79. The number of amides is 1. The number of halogens is 2. The number of hydrogen-bond acceptors (Lipinski definition) is 4. The molecule has 1 aliphatic rings. The number of carbonyl (C=O) groups is 1. The molecule has 1 fully saturated rings. The summed E-state index contributed by atoms with van der Waals surface area (Å²) >= 11 is 12.4. The number of piperidine rings is 1. The van der Waals surface area contributed by atoms with Crippen LogP contribution in [0.15, 0.2) is 42.6 Å². The zero-order valence-corrected chi connectivity index (χ0v) is 18.3. The maximum absolute atomic E-state index is 12.9. The summed E-state index contributed by atoms with van der Waals surface area (Å²) in [6.07, 6.45) is 5.42. The highest BCUT2D eigenvalue weighted by Crippen LogP contribution is 2.35. The molecule has 1 N–H and O–H groups in total. The van der Waals surface area contributed by atoms with Crippen LogP contribution in [0.4, 0.5) is 11.4 Å². The molecule has 156 valence electrons. The Morgan fingerprint density at radius 2 is 1.80 bits per heavy atom. The van der Waals surface area contributed by atoms with E-state index >= 15 is 0 Å². The molecule has 4 rings (SSSR count). The third-order valence-electron chi connectivity index (χ3n) is 5.35. The van der Waals surface area contributed by atoms with Crippen molar-refractivity contribution in [1.82, 2.24) is 4.98 Å². The van der Waals surface area contributed by atoms with E-state index in [0.717, 1.165) is 48.1 Å². The minimum atomic E-state index is -0.361. The van der Waals surface area contributed by atoms with Crippen molar-refractivity contribution in [3.63, 3.8) is 0 Å². The highest BCUT2D eigenvalue weighted by molar-refractivity contribution is 6.40. The van der Waals surface area contributed by atoms with Crippen molar-refractivity contribution in [2.45, 2.75) is 25.9 Å². The Hall–Kier alpha value is -2.34. The quantitative estimate of drug-likeness (QED) is 0.530. The van der Waals surface area contributed by atoms with Crippen molar-refractivity contribution < 1.29 is 9.53 Å². The van der Waals surface area contributed by atoms with Crippen LogP contribution >= 0.6 is 23.2 Å². The molecule has 0 bridgehead atoms. The van der Waals surface area contributed by atoms with Crippen LogP contribution in [0.3, 0.4) is 0 Å². The zero-order valence-electron chi connectivity index (χ0n) is 16.8. The second-order valence-electron chi connectivity index (χ2n) is 7.37. The number of ether oxygens (including phenoxy) is 1. The van der Waals surface area contributed by atoms with Gasteiger partial charge in [0, 0.05) is 37.3 Å². The van der Waals surface area contributed by atoms with E-state index in [0.29, 0.717) is 22.3 Å². The molecule has 1 amide bonds. The summed E-state index contributed by atoms with van der Waals surface area (Å²) < 4.78 is 5.42. The first-order chi connectivity index (χ1) is 14.6. The molecule has 1 aliphatic heterocycles. The van der Waals surface area contributed by atoms with Crippen LogP contribution in [-0.2, 0) is 11.3 Å². The Balaban J connectivity index is 1.77. The molecule has 0 spiro atoms. The molecule has 1 saturated heterocycles. The van der Waals surface area contributed by atoms with Crippen LogP contribution in [-0.4, -0.2) is 31.1 Å². The lowest BCUT2D eigenvalue weighted by Gasteiger charge is -2.31. The van der Waals surface area contributed by atoms with Crippen molar-refractivity contribution in [2.75, 3.05) is 30.4 Å². The van der Waals surface area contributed by atoms with Crippen molar-refractivity contribution in [3.05, 3.63) is 63.8 Å². The number of benzene rings is 2. The number of fused-ring (bicyclic) bond motifs is 1. The van der Waals surface area contributed by atoms with Gasteiger partial charge in [-0.2, -0.15) is 0 Å². The number of rotatable bonds is 5. The Morgan fingerprint density at radius 1 is 1.10 bits per heavy atom. The molecule has 0 saturated carbocycles. The van der Waals surface area contributed by atoms with E-state index in [1.54, 1.807) is 25.3 Å². The first-order valence-corrected chi connectivity index (χ1v) is 10.8. The van der Waals surface area contributed by atoms with Crippen molar-refractivity contribution in [3.8, 4) is 0 Å². The monoisotopic (exact) mass is 443 g/mol. The maximum Gasteiger partial charge on any atom is 0.258 e. The van der Waals surface area contributed by atoms with E-state index in [9.17, 15) is 4.79 Å². The van der Waals surface area contributed by atoms with Crippen LogP contribution in [0.1, 0.15) is 35.2 Å². The predicted octanol–water partition coefficient (Wildman–Crippen LogP) is 5.93. The number of nitrogens with one attached hydrogen (secondary N) is 1. The Kier molecular flexibility index (Phi) is 6.42. The van der Waals surface area contributed by atoms with E-state index < -0.39 is 0 Å². The molecule has 3 aromatic rings. The first kappa shape index (κ1) is 20.9. The number of carbonyl (C=O) groups excluding carboxylic acids is 1. The fourth-order valence-corrected chi connectivity index (χ4v) is 4.57. The summed E-state index contributed by atoms with van der Waals surface area (Å²) in [7, 11) is 1.69. The van der Waals surface area contributed by atoms with Gasteiger partial charge in [-0.3, -0.25) is 9.78 Å². The van der Waals surface area contributed by atoms with Gasteiger partial charge >= 0.3 is 0 Å². The van der Waals surface area contributed by atoms with E-state index in [4.69, 9.17) is 27.9 Å². The second kappa shape index (κ2) is 9.21. The predicted molar refractivity (Wildman–Crippen MR) is 123 cm³/mol. The molecule has 0 radical (unpaired) electrons. The van der Waals surface area contributed by atoms with Crippen LogP contribution in [0, 0.1) is 0 Å². The van der Waals surface area contributed by atoms with E-state index in [-0.39, 0.29) is 11.5 Å². The Morgan fingerprint density at radius 3 is 2.50 bits per heavy atom. The smallest absolute Gasteiger partial charge is 0.258 e. The number of aromatic nitrogens is 1. The van der Waals surface area contributed by atoms with Gasteiger partial charge in [0.05, 0.1) is 39.1 Å². The highest BCUT2D eigenvalue weighted by Gasteiger charge is 2.21. The van der Waals surface area contributed by atoms with Gasteiger partial charge in [0.1, 0.15) is 0 Å². The average molecular weight is 444 g/mol. The minimum Gasteiger partial charge on any atom is -0.380 e. The lowest BCUT2D eigenvalue weighted by atomic mass is 10.0. The van der Waals surface area contributed by atoms with Gasteiger partial charge in [-0.1, -0.05) is 41.4 Å². The standard InChI is InChI=1S/C23H23Cl2N3O2/c1-30-14-15-13-26-21-16(22(15)28-11-3-2-4-12-28)7-5-10-19(21)27-23(29)20-17(24)8-6-9-18(20)25/h5-10,13H,2-4,11-12,14H2,1H3,(H,27,29). The molecule has 0 aliphatic carbocycles. The number of pyridine rings is 1. The van der Waals surface area contributed by atoms with Gasteiger partial charge < -0.3 is 15.0 Å². The van der Waals surface area contributed by atoms with Crippen LogP contribution < -0.4 is 10.2 Å². The van der Waals surface area contributed by atoms with Gasteiger partial charge in [0.15, 0.2) is 0 Å². The minimum absolute atomic E-state index is 0.255. The molecule has 0 unspecified atom stereocenters. The van der Waals surface area contributed by atoms with E-state index in [1.165, 1.54) is 6.42 Å². The molecule has 1 aromatic heterocycles. The molecular formula is C23H23Cl2N3O2.